The number of benzene rings is 4. The van der Waals surface area contributed by atoms with Gasteiger partial charge in [-0.05, 0) is 53.9 Å². The second-order valence-electron chi connectivity index (χ2n) is 8.44. The largest absolute Gasteiger partial charge is 0.508 e. The third-order valence-corrected chi connectivity index (χ3v) is 5.72. The van der Waals surface area contributed by atoms with E-state index in [1.165, 1.54) is 60.7 Å². The van der Waals surface area contributed by atoms with E-state index in [0.29, 0.717) is 27.8 Å². The molecule has 0 fully saturated rings. The molecule has 4 rings (SSSR count). The van der Waals surface area contributed by atoms with Crippen molar-refractivity contribution in [2.75, 3.05) is 0 Å². The summed E-state index contributed by atoms with van der Waals surface area (Å²) in [5.74, 6) is -2.20. The summed E-state index contributed by atoms with van der Waals surface area (Å²) in [6.07, 6.45) is 3.21. The van der Waals surface area contributed by atoms with Gasteiger partial charge in [0.25, 0.3) is 0 Å². The molecule has 0 bridgehead atoms. The molecule has 0 spiro atoms. The lowest BCUT2D eigenvalue weighted by molar-refractivity contribution is 0.435. The minimum atomic E-state index is -0.718. The van der Waals surface area contributed by atoms with Crippen LogP contribution >= 0.6 is 0 Å². The summed E-state index contributed by atoms with van der Waals surface area (Å²) in [4.78, 5) is 0. The molecule has 0 aliphatic rings. The van der Waals surface area contributed by atoms with Gasteiger partial charge in [0.05, 0.1) is 0 Å². The summed E-state index contributed by atoms with van der Waals surface area (Å²) in [6, 6.07) is 14.8. The molecule has 0 heterocycles. The molecule has 0 saturated heterocycles. The molecule has 0 amide bonds. The van der Waals surface area contributed by atoms with Gasteiger partial charge in [-0.15, -0.1) is 0 Å². The van der Waals surface area contributed by atoms with E-state index >= 15 is 0 Å². The Morgan fingerprint density at radius 2 is 1.08 bits per heavy atom. The van der Waals surface area contributed by atoms with Crippen LogP contribution in [0.2, 0.25) is 0 Å². The molecular formula is C28H24O8. The van der Waals surface area contributed by atoms with Gasteiger partial charge < -0.3 is 40.9 Å². The van der Waals surface area contributed by atoms with Crippen molar-refractivity contribution in [3.63, 3.8) is 0 Å². The standard InChI is InChI=1S/C28H24O8/c29-18-3-4-23(27(35)13-18)24(9-16-7-21(32)12-22(33)8-16)25-10-17(26(34)14-28(25)36)2-1-15-5-19(30)11-20(31)6-15/h1-8,10-14,24,29-36H,9H2/b2-1+. The molecule has 4 aromatic carbocycles. The van der Waals surface area contributed by atoms with E-state index in [1.807, 2.05) is 0 Å². The molecule has 1 atom stereocenters. The van der Waals surface area contributed by atoms with E-state index in [2.05, 4.69) is 0 Å². The molecule has 8 heteroatoms. The Balaban J connectivity index is 1.82. The van der Waals surface area contributed by atoms with Crippen molar-refractivity contribution in [2.45, 2.75) is 12.3 Å². The smallest absolute Gasteiger partial charge is 0.126 e. The Morgan fingerprint density at radius 3 is 1.69 bits per heavy atom. The second kappa shape index (κ2) is 9.71. The number of phenols is 8. The van der Waals surface area contributed by atoms with Gasteiger partial charge in [0.1, 0.15) is 46.0 Å². The quantitative estimate of drug-likeness (QED) is 0.178. The highest BCUT2D eigenvalue weighted by molar-refractivity contribution is 5.75. The van der Waals surface area contributed by atoms with Crippen molar-refractivity contribution in [3.05, 3.63) is 94.5 Å². The first-order valence-electron chi connectivity index (χ1n) is 10.9. The first kappa shape index (κ1) is 24.2. The van der Waals surface area contributed by atoms with E-state index in [4.69, 9.17) is 0 Å². The third-order valence-electron chi connectivity index (χ3n) is 5.72. The minimum Gasteiger partial charge on any atom is -0.508 e. The van der Waals surface area contributed by atoms with Gasteiger partial charge >= 0.3 is 0 Å². The van der Waals surface area contributed by atoms with Crippen molar-refractivity contribution < 1.29 is 40.9 Å². The highest BCUT2D eigenvalue weighted by Gasteiger charge is 2.24. The number of hydrogen-bond acceptors (Lipinski definition) is 8. The van der Waals surface area contributed by atoms with E-state index in [9.17, 15) is 40.9 Å². The zero-order valence-electron chi connectivity index (χ0n) is 18.9. The topological polar surface area (TPSA) is 162 Å². The van der Waals surface area contributed by atoms with Gasteiger partial charge in [0.2, 0.25) is 0 Å². The van der Waals surface area contributed by atoms with Crippen LogP contribution in [-0.4, -0.2) is 40.9 Å². The van der Waals surface area contributed by atoms with Crippen LogP contribution in [0.3, 0.4) is 0 Å². The Bertz CT molecular complexity index is 1420. The first-order chi connectivity index (χ1) is 17.1. The Kier molecular flexibility index (Phi) is 6.52. The lowest BCUT2D eigenvalue weighted by atomic mass is 9.84. The molecule has 0 saturated carbocycles. The average Bonchev–Trinajstić information content (AvgIpc) is 2.76. The van der Waals surface area contributed by atoms with Crippen molar-refractivity contribution >= 4 is 12.2 Å². The molecule has 0 aromatic heterocycles. The van der Waals surface area contributed by atoms with Crippen molar-refractivity contribution in [2.24, 2.45) is 0 Å². The fourth-order valence-electron chi connectivity index (χ4n) is 4.15. The van der Waals surface area contributed by atoms with Gasteiger partial charge in [-0.3, -0.25) is 0 Å². The predicted octanol–water partition coefficient (Wildman–Crippen LogP) is 4.88. The summed E-state index contributed by atoms with van der Waals surface area (Å²) in [5, 5.41) is 80.8. The SMILES string of the molecule is Oc1cc(O)cc(/C=C/c2cc(C(Cc3cc(O)cc(O)c3)c3ccc(O)cc3O)c(O)cc2O)c1. The number of hydrogen-bond donors (Lipinski definition) is 8. The van der Waals surface area contributed by atoms with Gasteiger partial charge in [-0.2, -0.15) is 0 Å². The van der Waals surface area contributed by atoms with E-state index in [1.54, 1.807) is 6.08 Å². The maximum Gasteiger partial charge on any atom is 0.126 e. The molecule has 0 aliphatic carbocycles. The van der Waals surface area contributed by atoms with Crippen LogP contribution in [0.5, 0.6) is 46.0 Å². The first-order valence-corrected chi connectivity index (χ1v) is 10.9. The number of aromatic hydroxyl groups is 8. The van der Waals surface area contributed by atoms with E-state index < -0.39 is 5.92 Å². The van der Waals surface area contributed by atoms with Gasteiger partial charge in [0, 0.05) is 46.9 Å². The second-order valence-corrected chi connectivity index (χ2v) is 8.44. The Hall–Kier alpha value is -4.98. The molecule has 4 aromatic rings. The van der Waals surface area contributed by atoms with Crippen LogP contribution in [0.15, 0.2) is 66.7 Å². The predicted molar refractivity (Wildman–Crippen MR) is 134 cm³/mol. The fraction of sp³-hybridized carbons (Fsp3) is 0.0714. The summed E-state index contributed by atoms with van der Waals surface area (Å²) >= 11 is 0. The lowest BCUT2D eigenvalue weighted by Gasteiger charge is -2.22. The monoisotopic (exact) mass is 488 g/mol. The van der Waals surface area contributed by atoms with Crippen LogP contribution < -0.4 is 0 Å². The molecule has 8 nitrogen and oxygen atoms in total. The van der Waals surface area contributed by atoms with Gasteiger partial charge in [-0.25, -0.2) is 0 Å². The van der Waals surface area contributed by atoms with E-state index in [-0.39, 0.29) is 52.4 Å². The minimum absolute atomic E-state index is 0.127. The zero-order chi connectivity index (χ0) is 26.0. The van der Waals surface area contributed by atoms with Crippen LogP contribution in [0.1, 0.15) is 33.7 Å². The van der Waals surface area contributed by atoms with Crippen molar-refractivity contribution in [3.8, 4) is 46.0 Å². The normalized spacial score (nSPS) is 12.1. The average molecular weight is 488 g/mol. The van der Waals surface area contributed by atoms with Gasteiger partial charge in [0.15, 0.2) is 0 Å². The highest BCUT2D eigenvalue weighted by atomic mass is 16.3. The van der Waals surface area contributed by atoms with Crippen LogP contribution in [0.4, 0.5) is 0 Å². The molecule has 0 aliphatic heterocycles. The number of phenolic OH excluding ortho intramolecular Hbond substituents is 8. The van der Waals surface area contributed by atoms with Gasteiger partial charge in [-0.1, -0.05) is 18.2 Å². The fourth-order valence-corrected chi connectivity index (χ4v) is 4.15. The maximum absolute atomic E-state index is 10.8. The van der Waals surface area contributed by atoms with Crippen LogP contribution in [-0.2, 0) is 6.42 Å². The van der Waals surface area contributed by atoms with Crippen LogP contribution in [0, 0.1) is 0 Å². The van der Waals surface area contributed by atoms with Crippen LogP contribution in [0.25, 0.3) is 12.2 Å². The highest BCUT2D eigenvalue weighted by Crippen LogP contribution is 2.42. The van der Waals surface area contributed by atoms with Crippen molar-refractivity contribution in [1.29, 1.82) is 0 Å². The Labute approximate surface area is 206 Å². The summed E-state index contributed by atoms with van der Waals surface area (Å²) in [5.41, 5.74) is 1.93. The summed E-state index contributed by atoms with van der Waals surface area (Å²) in [6.45, 7) is 0. The van der Waals surface area contributed by atoms with Crippen molar-refractivity contribution in [1.82, 2.24) is 0 Å². The summed E-state index contributed by atoms with van der Waals surface area (Å²) < 4.78 is 0. The number of rotatable bonds is 6. The molecule has 184 valence electrons. The zero-order valence-corrected chi connectivity index (χ0v) is 18.9. The Morgan fingerprint density at radius 1 is 0.500 bits per heavy atom. The summed E-state index contributed by atoms with van der Waals surface area (Å²) in [7, 11) is 0. The molecule has 1 unspecified atom stereocenters. The molecule has 36 heavy (non-hydrogen) atoms. The molecule has 8 N–H and O–H groups in total. The lowest BCUT2D eigenvalue weighted by Crippen LogP contribution is -2.06. The molecular weight excluding hydrogens is 464 g/mol. The third kappa shape index (κ3) is 5.39. The maximum atomic E-state index is 10.8. The molecule has 0 radical (unpaired) electrons. The van der Waals surface area contributed by atoms with E-state index in [0.717, 1.165) is 12.1 Å².